The number of ether oxygens (including phenoxy) is 1. The zero-order valence-electron chi connectivity index (χ0n) is 16.4. The smallest absolute Gasteiger partial charge is 0.337 e. The van der Waals surface area contributed by atoms with Crippen molar-refractivity contribution in [2.24, 2.45) is 7.05 Å². The first kappa shape index (κ1) is 20.0. The number of carbonyl (C=O) groups excluding carboxylic acids is 1. The number of benzene rings is 2. The number of nitriles is 1. The molecule has 1 unspecified atom stereocenters. The highest BCUT2D eigenvalue weighted by Crippen LogP contribution is 2.26. The van der Waals surface area contributed by atoms with Crippen LogP contribution in [0.15, 0.2) is 42.5 Å². The average molecular weight is 391 g/mol. The second-order valence-corrected chi connectivity index (χ2v) is 6.78. The molecule has 7 nitrogen and oxygen atoms in total. The van der Waals surface area contributed by atoms with Gasteiger partial charge in [-0.2, -0.15) is 5.26 Å². The van der Waals surface area contributed by atoms with Crippen LogP contribution in [0, 0.1) is 11.3 Å². The Bertz CT molecular complexity index is 1140. The van der Waals surface area contributed by atoms with Gasteiger partial charge in [-0.15, -0.1) is 0 Å². The number of aromatic carboxylic acids is 1. The number of hydrogen-bond donors (Lipinski definition) is 2. The molecule has 0 aliphatic carbocycles. The Labute approximate surface area is 168 Å². The monoisotopic (exact) mass is 391 g/mol. The second kappa shape index (κ2) is 8.07. The van der Waals surface area contributed by atoms with Gasteiger partial charge < -0.3 is 19.7 Å². The Morgan fingerprint density at radius 3 is 2.66 bits per heavy atom. The minimum Gasteiger partial charge on any atom is -0.491 e. The predicted molar refractivity (Wildman–Crippen MR) is 109 cm³/mol. The van der Waals surface area contributed by atoms with Crippen molar-refractivity contribution in [3.05, 3.63) is 59.3 Å². The summed E-state index contributed by atoms with van der Waals surface area (Å²) in [5.74, 6) is -0.943. The van der Waals surface area contributed by atoms with Gasteiger partial charge in [-0.1, -0.05) is 6.92 Å². The summed E-state index contributed by atoms with van der Waals surface area (Å²) in [5.41, 5.74) is 1.41. The summed E-state index contributed by atoms with van der Waals surface area (Å²) in [4.78, 5) is 24.3. The van der Waals surface area contributed by atoms with Crippen LogP contribution in [0.4, 0.5) is 5.69 Å². The molecule has 1 heterocycles. The highest BCUT2D eigenvalue weighted by atomic mass is 16.5. The van der Waals surface area contributed by atoms with Crippen molar-refractivity contribution >= 4 is 28.5 Å². The minimum absolute atomic E-state index is 0.0845. The van der Waals surface area contributed by atoms with Crippen LogP contribution >= 0.6 is 0 Å². The maximum Gasteiger partial charge on any atom is 0.337 e. The summed E-state index contributed by atoms with van der Waals surface area (Å²) in [6, 6.07) is 13.4. The molecule has 0 saturated heterocycles. The number of anilines is 1. The lowest BCUT2D eigenvalue weighted by Gasteiger charge is -2.13. The Kier molecular flexibility index (Phi) is 5.55. The van der Waals surface area contributed by atoms with Crippen molar-refractivity contribution in [3.63, 3.8) is 0 Å². The Balaban J connectivity index is 1.93. The van der Waals surface area contributed by atoms with Gasteiger partial charge in [0.1, 0.15) is 11.4 Å². The molecule has 1 amide bonds. The second-order valence-electron chi connectivity index (χ2n) is 6.78. The topological polar surface area (TPSA) is 104 Å². The van der Waals surface area contributed by atoms with Gasteiger partial charge in [-0.3, -0.25) is 4.79 Å². The fourth-order valence-electron chi connectivity index (χ4n) is 3.00. The van der Waals surface area contributed by atoms with Crippen molar-refractivity contribution in [2.45, 2.75) is 26.4 Å². The highest BCUT2D eigenvalue weighted by molar-refractivity contribution is 6.09. The maximum atomic E-state index is 12.8. The van der Waals surface area contributed by atoms with Crippen molar-refractivity contribution in [1.82, 2.24) is 4.57 Å². The summed E-state index contributed by atoms with van der Waals surface area (Å²) in [6.07, 6.45) is 0.969. The molecule has 0 saturated carbocycles. The summed E-state index contributed by atoms with van der Waals surface area (Å²) in [5, 5.41) is 21.8. The molecule has 0 aliphatic heterocycles. The van der Waals surface area contributed by atoms with Crippen LogP contribution in [0.2, 0.25) is 0 Å². The Hall–Kier alpha value is -3.79. The normalized spacial score (nSPS) is 11.7. The van der Waals surface area contributed by atoms with E-state index in [0.29, 0.717) is 5.69 Å². The molecule has 3 aromatic rings. The van der Waals surface area contributed by atoms with E-state index in [0.717, 1.165) is 23.1 Å². The number of carbonyl (C=O) groups is 2. The summed E-state index contributed by atoms with van der Waals surface area (Å²) < 4.78 is 7.58. The van der Waals surface area contributed by atoms with Crippen LogP contribution in [0.25, 0.3) is 10.9 Å². The first-order valence-electron chi connectivity index (χ1n) is 9.19. The minimum atomic E-state index is -1.22. The van der Waals surface area contributed by atoms with Gasteiger partial charge in [0.05, 0.1) is 34.5 Å². The van der Waals surface area contributed by atoms with Crippen LogP contribution in [0.3, 0.4) is 0 Å². The van der Waals surface area contributed by atoms with E-state index in [-0.39, 0.29) is 22.9 Å². The van der Waals surface area contributed by atoms with Crippen molar-refractivity contribution in [1.29, 1.82) is 5.26 Å². The van der Waals surface area contributed by atoms with Crippen molar-refractivity contribution in [3.8, 4) is 11.8 Å². The molecule has 0 spiro atoms. The van der Waals surface area contributed by atoms with E-state index >= 15 is 0 Å². The zero-order valence-corrected chi connectivity index (χ0v) is 16.4. The first-order valence-corrected chi connectivity index (χ1v) is 9.19. The fraction of sp³-hybridized carbons (Fsp3) is 0.227. The molecule has 0 fully saturated rings. The molecule has 148 valence electrons. The van der Waals surface area contributed by atoms with E-state index in [4.69, 9.17) is 10.00 Å². The fourth-order valence-corrected chi connectivity index (χ4v) is 3.00. The first-order chi connectivity index (χ1) is 13.8. The number of aryl methyl sites for hydroxylation is 1. The number of nitrogens with one attached hydrogen (secondary N) is 1. The number of fused-ring (bicyclic) bond motifs is 1. The van der Waals surface area contributed by atoms with Gasteiger partial charge in [0.2, 0.25) is 0 Å². The van der Waals surface area contributed by atoms with E-state index in [1.807, 2.05) is 38.1 Å². The van der Waals surface area contributed by atoms with E-state index in [1.165, 1.54) is 18.2 Å². The average Bonchev–Trinajstić information content (AvgIpc) is 3.04. The Morgan fingerprint density at radius 1 is 1.24 bits per heavy atom. The lowest BCUT2D eigenvalue weighted by molar-refractivity contribution is 0.0698. The molecule has 1 aromatic heterocycles. The summed E-state index contributed by atoms with van der Waals surface area (Å²) in [6.45, 7) is 4.04. The number of aromatic nitrogens is 1. The predicted octanol–water partition coefficient (Wildman–Crippen LogP) is 4.18. The number of hydrogen-bond acceptors (Lipinski definition) is 4. The number of rotatable bonds is 6. The molecule has 3 rings (SSSR count). The molecule has 7 heteroatoms. The third-order valence-electron chi connectivity index (χ3n) is 4.79. The highest BCUT2D eigenvalue weighted by Gasteiger charge is 2.18. The van der Waals surface area contributed by atoms with Gasteiger partial charge in [0.15, 0.2) is 0 Å². The molecule has 1 atom stereocenters. The zero-order chi connectivity index (χ0) is 21.1. The third-order valence-corrected chi connectivity index (χ3v) is 4.79. The molecule has 2 N–H and O–H groups in total. The van der Waals surface area contributed by atoms with Crippen LogP contribution < -0.4 is 10.1 Å². The van der Waals surface area contributed by atoms with Gasteiger partial charge in [-0.05, 0) is 49.7 Å². The van der Waals surface area contributed by atoms with Gasteiger partial charge in [0, 0.05) is 18.5 Å². The maximum absolute atomic E-state index is 12.8. The molecule has 0 aliphatic rings. The summed E-state index contributed by atoms with van der Waals surface area (Å²) >= 11 is 0. The largest absolute Gasteiger partial charge is 0.491 e. The van der Waals surface area contributed by atoms with Crippen LogP contribution in [-0.2, 0) is 7.05 Å². The van der Waals surface area contributed by atoms with Crippen molar-refractivity contribution < 1.29 is 19.4 Å². The molecule has 0 bridgehead atoms. The van der Waals surface area contributed by atoms with Gasteiger partial charge in [0.25, 0.3) is 5.91 Å². The van der Waals surface area contributed by atoms with Gasteiger partial charge in [-0.25, -0.2) is 4.79 Å². The lowest BCUT2D eigenvalue weighted by Crippen LogP contribution is -2.17. The Morgan fingerprint density at radius 2 is 2.00 bits per heavy atom. The van der Waals surface area contributed by atoms with E-state index in [9.17, 15) is 14.7 Å². The number of carboxylic acids is 1. The van der Waals surface area contributed by atoms with E-state index in [1.54, 1.807) is 17.7 Å². The molecular weight excluding hydrogens is 370 g/mol. The van der Waals surface area contributed by atoms with Crippen molar-refractivity contribution in [2.75, 3.05) is 5.32 Å². The molecule has 0 radical (unpaired) electrons. The quantitative estimate of drug-likeness (QED) is 0.656. The van der Waals surface area contributed by atoms with Crippen LogP contribution in [-0.4, -0.2) is 27.7 Å². The standard InChI is InChI=1S/C22H21N3O4/c1-4-13(2)29-16-7-6-15-10-20(25(3)19(15)11-16)21(26)24-18-8-5-14(12-23)9-17(18)22(27)28/h5-11,13H,4H2,1-3H3,(H,24,26)(H,27,28). The number of nitrogens with zero attached hydrogens (tertiary/aromatic N) is 2. The molecule has 2 aromatic carbocycles. The molecular formula is C22H21N3O4. The van der Waals surface area contributed by atoms with Crippen LogP contribution in [0.1, 0.15) is 46.7 Å². The summed E-state index contributed by atoms with van der Waals surface area (Å²) in [7, 11) is 1.77. The van der Waals surface area contributed by atoms with E-state index < -0.39 is 11.9 Å². The SMILES string of the molecule is CCC(C)Oc1ccc2cc(C(=O)Nc3ccc(C#N)cc3C(=O)O)n(C)c2c1. The molecule has 29 heavy (non-hydrogen) atoms. The lowest BCUT2D eigenvalue weighted by atomic mass is 10.1. The third kappa shape index (κ3) is 4.06. The van der Waals surface area contributed by atoms with Crippen LogP contribution in [0.5, 0.6) is 5.75 Å². The van der Waals surface area contributed by atoms with E-state index in [2.05, 4.69) is 5.32 Å². The number of amides is 1. The van der Waals surface area contributed by atoms with Gasteiger partial charge >= 0.3 is 5.97 Å². The number of carboxylic acid groups (broad SMARTS) is 1.